The molecule has 0 atom stereocenters. The highest BCUT2D eigenvalue weighted by molar-refractivity contribution is 6.35. The van der Waals surface area contributed by atoms with Crippen LogP contribution in [0.15, 0.2) is 23.4 Å². The minimum atomic E-state index is 0.210. The molecule has 1 aliphatic rings. The third-order valence-electron chi connectivity index (χ3n) is 3.14. The van der Waals surface area contributed by atoms with Crippen molar-refractivity contribution in [1.82, 2.24) is 0 Å². The van der Waals surface area contributed by atoms with Gasteiger partial charge in [0.2, 0.25) is 0 Å². The SMILES string of the molecule is ON=C1CCC(OCc2ccc(Cl)cc2Cl)CC1. The van der Waals surface area contributed by atoms with Crippen LogP contribution in [0, 0.1) is 0 Å². The highest BCUT2D eigenvalue weighted by Gasteiger charge is 2.18. The van der Waals surface area contributed by atoms with E-state index in [-0.39, 0.29) is 6.10 Å². The fourth-order valence-electron chi connectivity index (χ4n) is 2.04. The van der Waals surface area contributed by atoms with Crippen molar-refractivity contribution in [2.45, 2.75) is 38.4 Å². The Kier molecular flexibility index (Phi) is 4.87. The largest absolute Gasteiger partial charge is 0.411 e. The predicted octanol–water partition coefficient (Wildman–Crippen LogP) is 4.28. The molecule has 5 heteroatoms. The molecule has 0 bridgehead atoms. The van der Waals surface area contributed by atoms with Crippen molar-refractivity contribution in [3.8, 4) is 0 Å². The number of ether oxygens (including phenoxy) is 1. The molecule has 1 aromatic rings. The lowest BCUT2D eigenvalue weighted by Gasteiger charge is -2.22. The van der Waals surface area contributed by atoms with Gasteiger partial charge in [0.25, 0.3) is 0 Å². The van der Waals surface area contributed by atoms with Gasteiger partial charge >= 0.3 is 0 Å². The second kappa shape index (κ2) is 6.41. The van der Waals surface area contributed by atoms with E-state index < -0.39 is 0 Å². The van der Waals surface area contributed by atoms with Gasteiger partial charge in [-0.25, -0.2) is 0 Å². The molecule has 2 rings (SSSR count). The Morgan fingerprint density at radius 2 is 2.00 bits per heavy atom. The number of benzene rings is 1. The summed E-state index contributed by atoms with van der Waals surface area (Å²) in [5.74, 6) is 0. The van der Waals surface area contributed by atoms with E-state index in [1.807, 2.05) is 12.1 Å². The Bertz CT molecular complexity index is 439. The first kappa shape index (κ1) is 13.7. The number of hydrogen-bond donors (Lipinski definition) is 1. The molecule has 0 aliphatic heterocycles. The molecule has 0 amide bonds. The number of rotatable bonds is 3. The lowest BCUT2D eigenvalue weighted by molar-refractivity contribution is 0.0277. The van der Waals surface area contributed by atoms with Crippen molar-refractivity contribution in [3.63, 3.8) is 0 Å². The fourth-order valence-corrected chi connectivity index (χ4v) is 2.50. The molecule has 0 aromatic heterocycles. The summed E-state index contributed by atoms with van der Waals surface area (Å²) in [6.45, 7) is 0.492. The predicted molar refractivity (Wildman–Crippen MR) is 72.7 cm³/mol. The van der Waals surface area contributed by atoms with Gasteiger partial charge in [-0.1, -0.05) is 34.4 Å². The first-order chi connectivity index (χ1) is 8.69. The number of oxime groups is 1. The molecular weight excluding hydrogens is 273 g/mol. The average Bonchev–Trinajstić information content (AvgIpc) is 2.38. The normalized spacial score (nSPS) is 19.9. The maximum atomic E-state index is 8.66. The summed E-state index contributed by atoms with van der Waals surface area (Å²) in [7, 11) is 0. The van der Waals surface area contributed by atoms with Crippen LogP contribution in [0.3, 0.4) is 0 Å². The zero-order valence-corrected chi connectivity index (χ0v) is 11.4. The lowest BCUT2D eigenvalue weighted by Crippen LogP contribution is -2.21. The Labute approximate surface area is 116 Å². The van der Waals surface area contributed by atoms with Crippen molar-refractivity contribution in [2.24, 2.45) is 5.16 Å². The summed E-state index contributed by atoms with van der Waals surface area (Å²) in [6, 6.07) is 5.41. The van der Waals surface area contributed by atoms with E-state index in [4.69, 9.17) is 33.1 Å². The van der Waals surface area contributed by atoms with Crippen molar-refractivity contribution in [3.05, 3.63) is 33.8 Å². The van der Waals surface area contributed by atoms with Crippen molar-refractivity contribution >= 4 is 28.9 Å². The smallest absolute Gasteiger partial charge is 0.0735 e. The van der Waals surface area contributed by atoms with Crippen LogP contribution < -0.4 is 0 Å². The third kappa shape index (κ3) is 3.61. The zero-order chi connectivity index (χ0) is 13.0. The van der Waals surface area contributed by atoms with E-state index in [1.54, 1.807) is 6.07 Å². The average molecular weight is 288 g/mol. The summed E-state index contributed by atoms with van der Waals surface area (Å²) in [4.78, 5) is 0. The van der Waals surface area contributed by atoms with Gasteiger partial charge in [0.05, 0.1) is 18.4 Å². The van der Waals surface area contributed by atoms with E-state index >= 15 is 0 Å². The molecule has 1 N–H and O–H groups in total. The standard InChI is InChI=1S/C13H15Cl2NO2/c14-10-2-1-9(13(15)7-10)8-18-12-5-3-11(16-17)4-6-12/h1-2,7,12,17H,3-6,8H2. The Hall–Kier alpha value is -0.770. The minimum Gasteiger partial charge on any atom is -0.411 e. The monoisotopic (exact) mass is 287 g/mol. The van der Waals surface area contributed by atoms with Gasteiger partial charge in [-0.3, -0.25) is 0 Å². The molecule has 0 heterocycles. The Morgan fingerprint density at radius 3 is 2.61 bits per heavy atom. The van der Waals surface area contributed by atoms with E-state index in [2.05, 4.69) is 5.16 Å². The summed E-state index contributed by atoms with van der Waals surface area (Å²) in [5, 5.41) is 13.2. The highest BCUT2D eigenvalue weighted by atomic mass is 35.5. The van der Waals surface area contributed by atoms with Gasteiger partial charge in [0.15, 0.2) is 0 Å². The van der Waals surface area contributed by atoms with Crippen molar-refractivity contribution in [2.75, 3.05) is 0 Å². The molecule has 0 radical (unpaired) electrons. The lowest BCUT2D eigenvalue weighted by atomic mass is 9.96. The maximum absolute atomic E-state index is 8.66. The van der Waals surface area contributed by atoms with E-state index in [1.165, 1.54) is 0 Å². The van der Waals surface area contributed by atoms with Crippen molar-refractivity contribution < 1.29 is 9.94 Å². The molecule has 0 spiro atoms. The molecule has 1 saturated carbocycles. The molecule has 0 saturated heterocycles. The summed E-state index contributed by atoms with van der Waals surface area (Å²) in [6.07, 6.45) is 3.60. The van der Waals surface area contributed by atoms with Crippen LogP contribution in [0.5, 0.6) is 0 Å². The van der Waals surface area contributed by atoms with E-state index in [0.29, 0.717) is 16.7 Å². The van der Waals surface area contributed by atoms with Crippen LogP contribution >= 0.6 is 23.2 Å². The topological polar surface area (TPSA) is 41.8 Å². The molecule has 98 valence electrons. The van der Waals surface area contributed by atoms with Gasteiger partial charge in [0.1, 0.15) is 0 Å². The molecule has 1 aromatic carbocycles. The second-order valence-corrected chi connectivity index (χ2v) is 5.26. The molecule has 1 aliphatic carbocycles. The highest BCUT2D eigenvalue weighted by Crippen LogP contribution is 2.24. The summed E-state index contributed by atoms with van der Waals surface area (Å²) >= 11 is 11.9. The van der Waals surface area contributed by atoms with E-state index in [9.17, 15) is 0 Å². The second-order valence-electron chi connectivity index (χ2n) is 4.41. The number of hydrogen-bond acceptors (Lipinski definition) is 3. The van der Waals surface area contributed by atoms with Gasteiger partial charge in [-0.2, -0.15) is 0 Å². The fraction of sp³-hybridized carbons (Fsp3) is 0.462. The quantitative estimate of drug-likeness (QED) is 0.666. The van der Waals surface area contributed by atoms with Gasteiger partial charge in [-0.15, -0.1) is 0 Å². The van der Waals surface area contributed by atoms with Gasteiger partial charge < -0.3 is 9.94 Å². The third-order valence-corrected chi connectivity index (χ3v) is 3.73. The molecule has 3 nitrogen and oxygen atoms in total. The Morgan fingerprint density at radius 1 is 1.28 bits per heavy atom. The van der Waals surface area contributed by atoms with Crippen molar-refractivity contribution in [1.29, 1.82) is 0 Å². The number of halogens is 2. The molecule has 1 fully saturated rings. The van der Waals surface area contributed by atoms with Gasteiger partial charge in [-0.05, 0) is 43.4 Å². The summed E-state index contributed by atoms with van der Waals surface area (Å²) < 4.78 is 5.82. The van der Waals surface area contributed by atoms with Crippen LogP contribution in [-0.4, -0.2) is 17.0 Å². The molecular formula is C13H15Cl2NO2. The van der Waals surface area contributed by atoms with Crippen LogP contribution in [-0.2, 0) is 11.3 Å². The van der Waals surface area contributed by atoms with E-state index in [0.717, 1.165) is 37.0 Å². The first-order valence-electron chi connectivity index (χ1n) is 5.94. The van der Waals surface area contributed by atoms with Crippen LogP contribution in [0.4, 0.5) is 0 Å². The van der Waals surface area contributed by atoms with Crippen LogP contribution in [0.2, 0.25) is 10.0 Å². The summed E-state index contributed by atoms with van der Waals surface area (Å²) in [5.41, 5.74) is 1.81. The Balaban J connectivity index is 1.85. The zero-order valence-electron chi connectivity index (χ0n) is 9.90. The maximum Gasteiger partial charge on any atom is 0.0735 e. The van der Waals surface area contributed by atoms with Crippen LogP contribution in [0.25, 0.3) is 0 Å². The number of nitrogens with zero attached hydrogens (tertiary/aromatic N) is 1. The van der Waals surface area contributed by atoms with Crippen LogP contribution in [0.1, 0.15) is 31.2 Å². The minimum absolute atomic E-state index is 0.210. The first-order valence-corrected chi connectivity index (χ1v) is 6.70. The van der Waals surface area contributed by atoms with Gasteiger partial charge in [0, 0.05) is 10.0 Å². The molecule has 0 unspecified atom stereocenters. The molecule has 18 heavy (non-hydrogen) atoms.